The van der Waals surface area contributed by atoms with E-state index in [1.165, 1.54) is 31.5 Å². The maximum atomic E-state index is 4.22. The van der Waals surface area contributed by atoms with E-state index < -0.39 is 0 Å². The molecule has 112 valence electrons. The van der Waals surface area contributed by atoms with Gasteiger partial charge in [0.2, 0.25) is 5.82 Å². The summed E-state index contributed by atoms with van der Waals surface area (Å²) in [5.41, 5.74) is 1.33. The van der Waals surface area contributed by atoms with Gasteiger partial charge in [-0.1, -0.05) is 37.3 Å². The molecule has 0 bridgehead atoms. The van der Waals surface area contributed by atoms with Gasteiger partial charge in [-0.2, -0.15) is 0 Å². The van der Waals surface area contributed by atoms with Crippen molar-refractivity contribution in [2.24, 2.45) is 5.92 Å². The van der Waals surface area contributed by atoms with E-state index in [0.29, 0.717) is 0 Å². The fourth-order valence-electron chi connectivity index (χ4n) is 2.97. The number of piperidine rings is 1. The molecule has 0 atom stereocenters. The lowest BCUT2D eigenvalue weighted by Gasteiger charge is -2.26. The van der Waals surface area contributed by atoms with Crippen molar-refractivity contribution in [1.82, 2.24) is 20.2 Å². The number of nitrogens with one attached hydrogen (secondary N) is 1. The summed E-state index contributed by atoms with van der Waals surface area (Å²) in [5.74, 6) is 1.90. The summed E-state index contributed by atoms with van der Waals surface area (Å²) in [6.07, 6.45) is 3.62. The third-order valence-corrected chi connectivity index (χ3v) is 4.45. The Morgan fingerprint density at radius 3 is 2.71 bits per heavy atom. The third-order valence-electron chi connectivity index (χ3n) is 4.45. The van der Waals surface area contributed by atoms with Gasteiger partial charge in [0.15, 0.2) is 0 Å². The summed E-state index contributed by atoms with van der Waals surface area (Å²) < 4.78 is 1.97. The van der Waals surface area contributed by atoms with Crippen LogP contribution < -0.4 is 4.90 Å². The van der Waals surface area contributed by atoms with Crippen LogP contribution >= 0.6 is 0 Å². The van der Waals surface area contributed by atoms with Gasteiger partial charge >= 0.3 is 0 Å². The first-order valence-corrected chi connectivity index (χ1v) is 7.94. The molecule has 1 fully saturated rings. The second-order valence-corrected chi connectivity index (χ2v) is 6.16. The number of aromatic nitrogens is 4. The number of nitrogens with zero attached hydrogens (tertiary/aromatic N) is 4. The Hall–Kier alpha value is -1.75. The van der Waals surface area contributed by atoms with E-state index in [0.717, 1.165) is 31.3 Å². The molecule has 1 aliphatic rings. The molecular weight excluding hydrogens is 262 g/mol. The van der Waals surface area contributed by atoms with Gasteiger partial charge in [-0.25, -0.2) is 4.68 Å². The zero-order valence-electron chi connectivity index (χ0n) is 12.7. The number of hydrogen-bond donors (Lipinski definition) is 1. The molecule has 1 aromatic carbocycles. The topological polar surface area (TPSA) is 48.0 Å². The number of tetrazole rings is 1. The smallest absolute Gasteiger partial charge is 0.206 e. The number of benzene rings is 1. The van der Waals surface area contributed by atoms with E-state index in [4.69, 9.17) is 0 Å². The molecule has 0 radical (unpaired) electrons. The molecule has 1 aliphatic heterocycles. The molecule has 2 aromatic rings. The molecule has 5 heteroatoms. The standard InChI is InChI=1S/C16H23N5/c1-14-7-10-20(11-8-14)13-16-17-18-19-21(16)12-9-15-5-3-2-4-6-15/h2-6,14H,7-13H2,1H3/p+1. The molecule has 0 saturated carbocycles. The van der Waals surface area contributed by atoms with E-state index >= 15 is 0 Å². The van der Waals surface area contributed by atoms with Gasteiger partial charge in [-0.3, -0.25) is 0 Å². The van der Waals surface area contributed by atoms with E-state index in [1.54, 1.807) is 4.90 Å². The van der Waals surface area contributed by atoms with Gasteiger partial charge in [0, 0.05) is 6.54 Å². The van der Waals surface area contributed by atoms with Crippen molar-refractivity contribution in [3.05, 3.63) is 41.7 Å². The largest absolute Gasteiger partial charge is 0.329 e. The van der Waals surface area contributed by atoms with Crippen LogP contribution in [0.2, 0.25) is 0 Å². The van der Waals surface area contributed by atoms with Crippen LogP contribution in [0.5, 0.6) is 0 Å². The molecule has 0 unspecified atom stereocenters. The summed E-state index contributed by atoms with van der Waals surface area (Å²) in [6, 6.07) is 10.5. The lowest BCUT2D eigenvalue weighted by atomic mass is 9.99. The van der Waals surface area contributed by atoms with Gasteiger partial charge in [0.05, 0.1) is 13.1 Å². The minimum absolute atomic E-state index is 0.857. The Morgan fingerprint density at radius 1 is 1.19 bits per heavy atom. The minimum Gasteiger partial charge on any atom is -0.329 e. The van der Waals surface area contributed by atoms with Crippen LogP contribution in [-0.2, 0) is 19.5 Å². The molecular formula is C16H24N5+. The van der Waals surface area contributed by atoms with Gasteiger partial charge in [0.25, 0.3) is 0 Å². The Morgan fingerprint density at radius 2 is 1.95 bits per heavy atom. The van der Waals surface area contributed by atoms with Crippen LogP contribution in [0, 0.1) is 5.92 Å². The number of likely N-dealkylation sites (tertiary alicyclic amines) is 1. The van der Waals surface area contributed by atoms with Gasteiger partial charge in [0.1, 0.15) is 6.54 Å². The summed E-state index contributed by atoms with van der Waals surface area (Å²) >= 11 is 0. The van der Waals surface area contributed by atoms with Crippen molar-refractivity contribution in [1.29, 1.82) is 0 Å². The highest BCUT2D eigenvalue weighted by Gasteiger charge is 2.21. The van der Waals surface area contributed by atoms with Crippen LogP contribution in [0.1, 0.15) is 31.2 Å². The zero-order chi connectivity index (χ0) is 14.5. The van der Waals surface area contributed by atoms with E-state index in [-0.39, 0.29) is 0 Å². The Kier molecular flexibility index (Phi) is 4.60. The van der Waals surface area contributed by atoms with Crippen LogP contribution in [0.4, 0.5) is 0 Å². The molecule has 21 heavy (non-hydrogen) atoms. The van der Waals surface area contributed by atoms with E-state index in [1.807, 2.05) is 10.7 Å². The molecule has 2 heterocycles. The number of quaternary nitrogens is 1. The summed E-state index contributed by atoms with van der Waals surface area (Å²) in [7, 11) is 0. The maximum absolute atomic E-state index is 4.22. The quantitative estimate of drug-likeness (QED) is 0.881. The first kappa shape index (κ1) is 14.2. The Labute approximate surface area is 126 Å². The van der Waals surface area contributed by atoms with E-state index in [2.05, 4.69) is 46.7 Å². The van der Waals surface area contributed by atoms with Gasteiger partial charge in [-0.05, 0) is 41.2 Å². The predicted octanol–water partition coefficient (Wildman–Crippen LogP) is 0.731. The average Bonchev–Trinajstić information content (AvgIpc) is 2.96. The summed E-state index contributed by atoms with van der Waals surface area (Å²) in [6.45, 7) is 6.64. The highest BCUT2D eigenvalue weighted by molar-refractivity contribution is 5.14. The lowest BCUT2D eigenvalue weighted by molar-refractivity contribution is -0.920. The summed E-state index contributed by atoms with van der Waals surface area (Å²) in [4.78, 5) is 1.61. The average molecular weight is 286 g/mol. The number of hydrogen-bond acceptors (Lipinski definition) is 3. The second kappa shape index (κ2) is 6.80. The fraction of sp³-hybridized carbons (Fsp3) is 0.562. The Bertz CT molecular complexity index is 543. The third kappa shape index (κ3) is 3.88. The van der Waals surface area contributed by atoms with E-state index in [9.17, 15) is 0 Å². The zero-order valence-corrected chi connectivity index (χ0v) is 12.7. The second-order valence-electron chi connectivity index (χ2n) is 6.16. The number of aryl methyl sites for hydroxylation is 2. The SMILES string of the molecule is CC1CC[NH+](Cc2nnnn2CCc2ccccc2)CC1. The first-order chi connectivity index (χ1) is 10.3. The number of rotatable bonds is 5. The van der Waals surface area contributed by atoms with Gasteiger partial charge < -0.3 is 4.90 Å². The first-order valence-electron chi connectivity index (χ1n) is 7.94. The Balaban J connectivity index is 1.56. The molecule has 1 saturated heterocycles. The molecule has 0 aliphatic carbocycles. The van der Waals surface area contributed by atoms with Crippen LogP contribution in [0.25, 0.3) is 0 Å². The molecule has 0 spiro atoms. The van der Waals surface area contributed by atoms with Gasteiger partial charge in [-0.15, -0.1) is 5.10 Å². The fourth-order valence-corrected chi connectivity index (χ4v) is 2.97. The summed E-state index contributed by atoms with van der Waals surface area (Å²) in [5, 5.41) is 12.2. The molecule has 5 nitrogen and oxygen atoms in total. The highest BCUT2D eigenvalue weighted by atomic mass is 15.5. The van der Waals surface area contributed by atoms with Crippen LogP contribution in [0.3, 0.4) is 0 Å². The lowest BCUT2D eigenvalue weighted by Crippen LogP contribution is -3.11. The van der Waals surface area contributed by atoms with Crippen LogP contribution in [0.15, 0.2) is 30.3 Å². The normalized spacial score (nSPS) is 22.3. The predicted molar refractivity (Wildman–Crippen MR) is 80.8 cm³/mol. The van der Waals surface area contributed by atoms with Crippen LogP contribution in [-0.4, -0.2) is 33.3 Å². The van der Waals surface area contributed by atoms with Crippen molar-refractivity contribution >= 4 is 0 Å². The van der Waals surface area contributed by atoms with Crippen molar-refractivity contribution in [2.75, 3.05) is 13.1 Å². The minimum atomic E-state index is 0.857. The van der Waals surface area contributed by atoms with Crippen molar-refractivity contribution < 1.29 is 4.90 Å². The molecule has 1 aromatic heterocycles. The monoisotopic (exact) mass is 286 g/mol. The highest BCUT2D eigenvalue weighted by Crippen LogP contribution is 2.07. The van der Waals surface area contributed by atoms with Crippen molar-refractivity contribution in [3.63, 3.8) is 0 Å². The molecule has 1 N–H and O–H groups in total. The molecule has 3 rings (SSSR count). The van der Waals surface area contributed by atoms with Crippen molar-refractivity contribution in [2.45, 2.75) is 39.3 Å². The molecule has 0 amide bonds. The van der Waals surface area contributed by atoms with Crippen molar-refractivity contribution in [3.8, 4) is 0 Å². The maximum Gasteiger partial charge on any atom is 0.206 e.